The van der Waals surface area contributed by atoms with Crippen LogP contribution in [-0.2, 0) is 0 Å². The highest BCUT2D eigenvalue weighted by atomic mass is 127. The SMILES string of the molecule is O=C(CI)c1ccc(O)c(C(=O)O)c1. The number of aromatic hydroxyl groups is 1. The molecule has 1 rings (SSSR count). The van der Waals surface area contributed by atoms with Crippen LogP contribution in [0.5, 0.6) is 5.75 Å². The summed E-state index contributed by atoms with van der Waals surface area (Å²) in [5, 5.41) is 17.8. The van der Waals surface area contributed by atoms with Gasteiger partial charge in [0.25, 0.3) is 0 Å². The number of benzene rings is 1. The molecule has 0 aliphatic rings. The number of Topliss-reactive ketones (excluding diaryl/α,β-unsaturated/α-hetero) is 1. The second-order valence-corrected chi connectivity index (χ2v) is 3.36. The number of ketones is 1. The van der Waals surface area contributed by atoms with Crippen LogP contribution in [0.4, 0.5) is 0 Å². The quantitative estimate of drug-likeness (QED) is 0.506. The molecule has 0 saturated carbocycles. The van der Waals surface area contributed by atoms with Gasteiger partial charge in [-0.3, -0.25) is 4.79 Å². The lowest BCUT2D eigenvalue weighted by Gasteiger charge is -2.01. The number of rotatable bonds is 3. The zero-order valence-corrected chi connectivity index (χ0v) is 9.19. The van der Waals surface area contributed by atoms with E-state index in [-0.39, 0.29) is 21.5 Å². The monoisotopic (exact) mass is 306 g/mol. The maximum absolute atomic E-state index is 11.2. The molecule has 0 amide bonds. The van der Waals surface area contributed by atoms with Crippen LogP contribution in [0.25, 0.3) is 0 Å². The highest BCUT2D eigenvalue weighted by Gasteiger charge is 2.12. The fourth-order valence-electron chi connectivity index (χ4n) is 0.958. The fourth-order valence-corrected chi connectivity index (χ4v) is 1.40. The van der Waals surface area contributed by atoms with Gasteiger partial charge in [-0.1, -0.05) is 22.6 Å². The number of carboxylic acid groups (broad SMARTS) is 1. The van der Waals surface area contributed by atoms with E-state index in [1.165, 1.54) is 18.2 Å². The largest absolute Gasteiger partial charge is 0.507 e. The van der Waals surface area contributed by atoms with Crippen LogP contribution in [0.3, 0.4) is 0 Å². The molecule has 0 fully saturated rings. The van der Waals surface area contributed by atoms with Crippen molar-refractivity contribution >= 4 is 34.3 Å². The van der Waals surface area contributed by atoms with Gasteiger partial charge in [0.15, 0.2) is 5.78 Å². The maximum Gasteiger partial charge on any atom is 0.339 e. The van der Waals surface area contributed by atoms with Gasteiger partial charge in [0, 0.05) is 5.56 Å². The molecule has 0 saturated heterocycles. The molecule has 4 nitrogen and oxygen atoms in total. The Morgan fingerprint density at radius 2 is 2.00 bits per heavy atom. The molecule has 14 heavy (non-hydrogen) atoms. The average Bonchev–Trinajstić information content (AvgIpc) is 2.17. The van der Waals surface area contributed by atoms with Crippen molar-refractivity contribution in [2.45, 2.75) is 0 Å². The van der Waals surface area contributed by atoms with E-state index in [9.17, 15) is 9.59 Å². The van der Waals surface area contributed by atoms with Crippen LogP contribution in [0.1, 0.15) is 20.7 Å². The Hall–Kier alpha value is -1.11. The molecule has 0 aliphatic heterocycles. The summed E-state index contributed by atoms with van der Waals surface area (Å²) in [4.78, 5) is 21.8. The molecule has 74 valence electrons. The van der Waals surface area contributed by atoms with E-state index in [4.69, 9.17) is 10.2 Å². The van der Waals surface area contributed by atoms with Gasteiger partial charge in [0.2, 0.25) is 0 Å². The molecule has 0 atom stereocenters. The molecule has 0 bridgehead atoms. The predicted octanol–water partition coefficient (Wildman–Crippen LogP) is 1.71. The molecule has 0 aliphatic carbocycles. The summed E-state index contributed by atoms with van der Waals surface area (Å²) < 4.78 is 0.279. The number of carbonyl (C=O) groups is 2. The summed E-state index contributed by atoms with van der Waals surface area (Å²) in [5.41, 5.74) is 0.0512. The minimum absolute atomic E-state index is 0.159. The van der Waals surface area contributed by atoms with E-state index in [0.717, 1.165) is 0 Å². The second-order valence-electron chi connectivity index (χ2n) is 2.59. The van der Waals surface area contributed by atoms with Gasteiger partial charge >= 0.3 is 5.97 Å². The van der Waals surface area contributed by atoms with Crippen molar-refractivity contribution in [2.75, 3.05) is 4.43 Å². The molecule has 1 aromatic rings. The smallest absolute Gasteiger partial charge is 0.339 e. The molecule has 1 aromatic carbocycles. The van der Waals surface area contributed by atoms with Crippen molar-refractivity contribution in [1.29, 1.82) is 0 Å². The van der Waals surface area contributed by atoms with Crippen molar-refractivity contribution in [3.8, 4) is 5.75 Å². The third kappa shape index (κ3) is 2.22. The van der Waals surface area contributed by atoms with E-state index in [0.29, 0.717) is 5.56 Å². The average molecular weight is 306 g/mol. The molecular weight excluding hydrogens is 299 g/mol. The normalized spacial score (nSPS) is 9.79. The summed E-state index contributed by atoms with van der Waals surface area (Å²) in [5.74, 6) is -1.73. The molecule has 0 unspecified atom stereocenters. The number of carboxylic acids is 1. The number of carbonyl (C=O) groups excluding carboxylic acids is 1. The first-order chi connectivity index (χ1) is 6.56. The number of phenols is 1. The van der Waals surface area contributed by atoms with Gasteiger partial charge < -0.3 is 10.2 Å². The molecule has 0 spiro atoms. The topological polar surface area (TPSA) is 74.6 Å². The molecule has 0 radical (unpaired) electrons. The van der Waals surface area contributed by atoms with Gasteiger partial charge in [-0.15, -0.1) is 0 Å². The van der Waals surface area contributed by atoms with E-state index in [1.807, 2.05) is 22.6 Å². The number of hydrogen-bond donors (Lipinski definition) is 2. The Morgan fingerprint density at radius 1 is 1.36 bits per heavy atom. The van der Waals surface area contributed by atoms with Crippen LogP contribution in [-0.4, -0.2) is 26.4 Å². The van der Waals surface area contributed by atoms with Crippen molar-refractivity contribution in [3.05, 3.63) is 29.3 Å². The Bertz CT molecular complexity index is 386. The Balaban J connectivity index is 3.19. The van der Waals surface area contributed by atoms with Crippen molar-refractivity contribution in [2.24, 2.45) is 0 Å². The van der Waals surface area contributed by atoms with Gasteiger partial charge in [0.1, 0.15) is 11.3 Å². The number of alkyl halides is 1. The first kappa shape index (κ1) is 11.0. The van der Waals surface area contributed by atoms with Gasteiger partial charge in [-0.05, 0) is 18.2 Å². The number of halogens is 1. The molecular formula is C9H7IO4. The Morgan fingerprint density at radius 3 is 2.50 bits per heavy atom. The third-order valence-corrected chi connectivity index (χ3v) is 2.36. The first-order valence-corrected chi connectivity index (χ1v) is 5.24. The summed E-state index contributed by atoms with van der Waals surface area (Å²) in [6.45, 7) is 0. The summed E-state index contributed by atoms with van der Waals surface area (Å²) in [6.07, 6.45) is 0. The lowest BCUT2D eigenvalue weighted by molar-refractivity contribution is 0.0693. The van der Waals surface area contributed by atoms with Crippen molar-refractivity contribution in [1.82, 2.24) is 0 Å². The van der Waals surface area contributed by atoms with Crippen LogP contribution >= 0.6 is 22.6 Å². The minimum atomic E-state index is -1.24. The molecule has 2 N–H and O–H groups in total. The second kappa shape index (κ2) is 4.41. The molecule has 0 aromatic heterocycles. The van der Waals surface area contributed by atoms with Crippen LogP contribution in [0.15, 0.2) is 18.2 Å². The summed E-state index contributed by atoms with van der Waals surface area (Å²) >= 11 is 1.90. The van der Waals surface area contributed by atoms with Crippen LogP contribution in [0.2, 0.25) is 0 Å². The number of hydrogen-bond acceptors (Lipinski definition) is 3. The highest BCUT2D eigenvalue weighted by molar-refractivity contribution is 14.1. The Labute approximate surface area is 93.7 Å². The van der Waals surface area contributed by atoms with Gasteiger partial charge in [-0.25, -0.2) is 4.79 Å². The first-order valence-electron chi connectivity index (χ1n) is 3.71. The van der Waals surface area contributed by atoms with Gasteiger partial charge in [-0.2, -0.15) is 0 Å². The van der Waals surface area contributed by atoms with Crippen molar-refractivity contribution in [3.63, 3.8) is 0 Å². The third-order valence-electron chi connectivity index (χ3n) is 1.67. The zero-order valence-electron chi connectivity index (χ0n) is 7.03. The molecule has 5 heteroatoms. The lowest BCUT2D eigenvalue weighted by Crippen LogP contribution is -2.03. The van der Waals surface area contributed by atoms with E-state index in [1.54, 1.807) is 0 Å². The van der Waals surface area contributed by atoms with E-state index >= 15 is 0 Å². The fraction of sp³-hybridized carbons (Fsp3) is 0.111. The number of aromatic carboxylic acids is 1. The lowest BCUT2D eigenvalue weighted by atomic mass is 10.1. The standard InChI is InChI=1S/C9H7IO4/c10-4-8(12)5-1-2-7(11)6(3-5)9(13)14/h1-3,11H,4H2,(H,13,14). The van der Waals surface area contributed by atoms with E-state index < -0.39 is 5.97 Å². The van der Waals surface area contributed by atoms with E-state index in [2.05, 4.69) is 0 Å². The maximum atomic E-state index is 11.2. The highest BCUT2D eigenvalue weighted by Crippen LogP contribution is 2.19. The zero-order chi connectivity index (χ0) is 10.7. The minimum Gasteiger partial charge on any atom is -0.507 e. The van der Waals surface area contributed by atoms with Crippen molar-refractivity contribution < 1.29 is 19.8 Å². The predicted molar refractivity (Wildman–Crippen MR) is 58.3 cm³/mol. The van der Waals surface area contributed by atoms with Gasteiger partial charge in [0.05, 0.1) is 4.43 Å². The van der Waals surface area contributed by atoms with Crippen LogP contribution in [0, 0.1) is 0 Å². The molecule has 0 heterocycles. The van der Waals surface area contributed by atoms with Crippen LogP contribution < -0.4 is 0 Å². The summed E-state index contributed by atoms with van der Waals surface area (Å²) in [7, 11) is 0. The summed E-state index contributed by atoms with van der Waals surface area (Å²) in [6, 6.07) is 3.80. The Kier molecular flexibility index (Phi) is 3.45.